The Morgan fingerprint density at radius 1 is 1.25 bits per heavy atom. The third kappa shape index (κ3) is 3.27. The molecule has 1 N–H and O–H groups in total. The number of anilines is 1. The minimum absolute atomic E-state index is 0.0538. The molecule has 20 heavy (non-hydrogen) atoms. The zero-order valence-corrected chi connectivity index (χ0v) is 12.2. The number of alkyl halides is 3. The first kappa shape index (κ1) is 15.2. The number of hydrogen-bond donors (Lipinski definition) is 1. The average molecular weight is 320 g/mol. The van der Waals surface area contributed by atoms with Crippen molar-refractivity contribution < 1.29 is 13.2 Å². The number of benzene rings is 1. The second-order valence-corrected chi connectivity index (χ2v) is 5.67. The molecule has 0 saturated carbocycles. The molecule has 0 aliphatic carbocycles. The van der Waals surface area contributed by atoms with E-state index in [0.29, 0.717) is 6.42 Å². The highest BCUT2D eigenvalue weighted by molar-refractivity contribution is 7.10. The lowest BCUT2D eigenvalue weighted by Crippen LogP contribution is -2.14. The third-order valence-corrected chi connectivity index (χ3v) is 4.23. The molecular weight excluding hydrogens is 307 g/mol. The minimum atomic E-state index is -4.43. The fourth-order valence-corrected chi connectivity index (χ4v) is 3.04. The van der Waals surface area contributed by atoms with E-state index in [0.717, 1.165) is 10.9 Å². The molecule has 1 aromatic heterocycles. The van der Waals surface area contributed by atoms with Crippen molar-refractivity contribution in [2.45, 2.75) is 25.6 Å². The van der Waals surface area contributed by atoms with Crippen LogP contribution in [0, 0.1) is 0 Å². The molecule has 0 spiro atoms. The molecule has 2 rings (SSSR count). The zero-order valence-electron chi connectivity index (χ0n) is 10.7. The molecule has 1 heterocycles. The maximum atomic E-state index is 13.0. The molecule has 1 aromatic carbocycles. The molecule has 0 bridgehead atoms. The Morgan fingerprint density at radius 2 is 2.00 bits per heavy atom. The smallest absolute Gasteiger partial charge is 0.376 e. The quantitative estimate of drug-likeness (QED) is 0.730. The zero-order chi connectivity index (χ0) is 14.8. The first-order chi connectivity index (χ1) is 9.43. The van der Waals surface area contributed by atoms with Crippen molar-refractivity contribution in [3.63, 3.8) is 0 Å². The number of nitrogens with one attached hydrogen (secondary N) is 1. The maximum absolute atomic E-state index is 13.0. The lowest BCUT2D eigenvalue weighted by Gasteiger charge is -2.21. The summed E-state index contributed by atoms with van der Waals surface area (Å²) in [6.45, 7) is 1.92. The van der Waals surface area contributed by atoms with Gasteiger partial charge in [-0.1, -0.05) is 30.7 Å². The standard InChI is InChI=1S/C14H13ClF3NS/c1-2-11(12-7-4-8-20-12)19-13-9(14(16,17)18)5-3-6-10(13)15/h3-8,11,19H,2H2,1H3. The van der Waals surface area contributed by atoms with Crippen LogP contribution in [0.15, 0.2) is 35.7 Å². The first-order valence-electron chi connectivity index (χ1n) is 6.09. The van der Waals surface area contributed by atoms with E-state index in [1.54, 1.807) is 0 Å². The van der Waals surface area contributed by atoms with Gasteiger partial charge in [0.15, 0.2) is 0 Å². The highest BCUT2D eigenvalue weighted by Gasteiger charge is 2.34. The minimum Gasteiger partial charge on any atom is -0.376 e. The number of thiophene rings is 1. The Bertz CT molecular complexity index is 566. The van der Waals surface area contributed by atoms with Crippen LogP contribution in [0.25, 0.3) is 0 Å². The van der Waals surface area contributed by atoms with E-state index < -0.39 is 11.7 Å². The largest absolute Gasteiger partial charge is 0.418 e. The highest BCUT2D eigenvalue weighted by atomic mass is 35.5. The molecule has 1 nitrogen and oxygen atoms in total. The summed E-state index contributed by atoms with van der Waals surface area (Å²) in [5.41, 5.74) is -0.790. The van der Waals surface area contributed by atoms with Crippen molar-refractivity contribution in [1.29, 1.82) is 0 Å². The third-order valence-electron chi connectivity index (χ3n) is 2.93. The van der Waals surface area contributed by atoms with E-state index in [4.69, 9.17) is 11.6 Å². The lowest BCUT2D eigenvalue weighted by atomic mass is 10.1. The molecule has 0 aliphatic rings. The van der Waals surface area contributed by atoms with Crippen LogP contribution in [0.2, 0.25) is 5.02 Å². The van der Waals surface area contributed by atoms with Gasteiger partial charge >= 0.3 is 6.18 Å². The number of rotatable bonds is 4. The summed E-state index contributed by atoms with van der Waals surface area (Å²) in [5, 5.41) is 4.91. The van der Waals surface area contributed by atoms with Gasteiger partial charge in [0.2, 0.25) is 0 Å². The van der Waals surface area contributed by atoms with Crippen LogP contribution in [0.1, 0.15) is 29.8 Å². The molecule has 6 heteroatoms. The fraction of sp³-hybridized carbons (Fsp3) is 0.286. The number of hydrogen-bond acceptors (Lipinski definition) is 2. The Hall–Kier alpha value is -1.20. The second kappa shape index (κ2) is 6.06. The van der Waals surface area contributed by atoms with Crippen LogP contribution in [-0.4, -0.2) is 0 Å². The average Bonchev–Trinajstić information content (AvgIpc) is 2.89. The van der Waals surface area contributed by atoms with Gasteiger partial charge in [-0.2, -0.15) is 13.2 Å². The number of para-hydroxylation sites is 1. The normalized spacial score (nSPS) is 13.2. The van der Waals surface area contributed by atoms with E-state index in [2.05, 4.69) is 5.32 Å². The Kier molecular flexibility index (Phi) is 4.60. The number of halogens is 4. The van der Waals surface area contributed by atoms with Crippen LogP contribution in [0.5, 0.6) is 0 Å². The van der Waals surface area contributed by atoms with Crippen LogP contribution in [-0.2, 0) is 6.18 Å². The van der Waals surface area contributed by atoms with E-state index >= 15 is 0 Å². The molecule has 0 saturated heterocycles. The first-order valence-corrected chi connectivity index (χ1v) is 7.35. The van der Waals surface area contributed by atoms with Gasteiger partial charge in [0.05, 0.1) is 22.3 Å². The Labute approximate surface area is 124 Å². The van der Waals surface area contributed by atoms with Crippen molar-refractivity contribution in [2.24, 2.45) is 0 Å². The van der Waals surface area contributed by atoms with E-state index in [1.165, 1.54) is 23.5 Å². The molecule has 0 amide bonds. The molecular formula is C14H13ClF3NS. The highest BCUT2D eigenvalue weighted by Crippen LogP contribution is 2.40. The van der Waals surface area contributed by atoms with Gasteiger partial charge in [0, 0.05) is 4.88 Å². The molecule has 0 aliphatic heterocycles. The van der Waals surface area contributed by atoms with Crippen LogP contribution in [0.3, 0.4) is 0 Å². The molecule has 2 aromatic rings. The summed E-state index contributed by atoms with van der Waals surface area (Å²) < 4.78 is 39.1. The van der Waals surface area contributed by atoms with Crippen LogP contribution in [0.4, 0.5) is 18.9 Å². The van der Waals surface area contributed by atoms with E-state index in [9.17, 15) is 13.2 Å². The van der Waals surface area contributed by atoms with Crippen molar-refractivity contribution in [3.8, 4) is 0 Å². The van der Waals surface area contributed by atoms with E-state index in [-0.39, 0.29) is 16.8 Å². The van der Waals surface area contributed by atoms with Crippen molar-refractivity contribution in [3.05, 3.63) is 51.2 Å². The van der Waals surface area contributed by atoms with Crippen molar-refractivity contribution in [2.75, 3.05) is 5.32 Å². The second-order valence-electron chi connectivity index (χ2n) is 4.28. The summed E-state index contributed by atoms with van der Waals surface area (Å²) >= 11 is 7.45. The van der Waals surface area contributed by atoms with Gasteiger partial charge in [-0.25, -0.2) is 0 Å². The maximum Gasteiger partial charge on any atom is 0.418 e. The predicted molar refractivity (Wildman–Crippen MR) is 77.4 cm³/mol. The Balaban J connectivity index is 2.37. The molecule has 0 fully saturated rings. The summed E-state index contributed by atoms with van der Waals surface area (Å²) in [6.07, 6.45) is -3.76. The van der Waals surface area contributed by atoms with E-state index in [1.807, 2.05) is 24.4 Å². The van der Waals surface area contributed by atoms with Gasteiger partial charge in [-0.3, -0.25) is 0 Å². The van der Waals surface area contributed by atoms with Gasteiger partial charge < -0.3 is 5.32 Å². The fourth-order valence-electron chi connectivity index (χ4n) is 1.95. The van der Waals surface area contributed by atoms with Crippen molar-refractivity contribution in [1.82, 2.24) is 0 Å². The molecule has 108 valence electrons. The van der Waals surface area contributed by atoms with Gasteiger partial charge in [-0.15, -0.1) is 11.3 Å². The monoisotopic (exact) mass is 319 g/mol. The van der Waals surface area contributed by atoms with Gasteiger partial charge in [0.1, 0.15) is 0 Å². The summed E-state index contributed by atoms with van der Waals surface area (Å²) in [5.74, 6) is 0. The SMILES string of the molecule is CCC(Nc1c(Cl)cccc1C(F)(F)F)c1cccs1. The van der Waals surface area contributed by atoms with Gasteiger partial charge in [-0.05, 0) is 30.0 Å². The van der Waals surface area contributed by atoms with Crippen molar-refractivity contribution >= 4 is 28.6 Å². The Morgan fingerprint density at radius 3 is 2.55 bits per heavy atom. The molecule has 1 atom stereocenters. The van der Waals surface area contributed by atoms with Crippen LogP contribution >= 0.6 is 22.9 Å². The van der Waals surface area contributed by atoms with Gasteiger partial charge in [0.25, 0.3) is 0 Å². The van der Waals surface area contributed by atoms with Crippen LogP contribution < -0.4 is 5.32 Å². The molecule has 0 radical (unpaired) electrons. The summed E-state index contributed by atoms with van der Waals surface area (Å²) in [7, 11) is 0. The lowest BCUT2D eigenvalue weighted by molar-refractivity contribution is -0.137. The summed E-state index contributed by atoms with van der Waals surface area (Å²) in [6, 6.07) is 7.39. The summed E-state index contributed by atoms with van der Waals surface area (Å²) in [4.78, 5) is 0.987. The molecule has 1 unspecified atom stereocenters. The predicted octanol–water partition coefficient (Wildman–Crippen LogP) is 5.98. The topological polar surface area (TPSA) is 12.0 Å².